The Kier molecular flexibility index (Phi) is 4.94. The number of anilines is 1. The summed E-state index contributed by atoms with van der Waals surface area (Å²) in [6, 6.07) is 13.7. The van der Waals surface area contributed by atoms with Gasteiger partial charge in [-0.1, -0.05) is 24.3 Å². The van der Waals surface area contributed by atoms with Gasteiger partial charge in [-0.15, -0.1) is 0 Å². The number of ketones is 2. The number of amidine groups is 1. The van der Waals surface area contributed by atoms with Crippen molar-refractivity contribution in [1.29, 1.82) is 0 Å². The van der Waals surface area contributed by atoms with Crippen LogP contribution in [0.25, 0.3) is 0 Å². The molecule has 26 heavy (non-hydrogen) atoms. The molecule has 0 amide bonds. The zero-order valence-electron chi connectivity index (χ0n) is 14.6. The summed E-state index contributed by atoms with van der Waals surface area (Å²) < 4.78 is 15.4. The first-order valence-electron chi connectivity index (χ1n) is 7.85. The number of hydrogen-bond donors (Lipinski definition) is 1. The Balaban J connectivity index is 1.95. The van der Waals surface area contributed by atoms with Crippen LogP contribution in [0, 0.1) is 0 Å². The summed E-state index contributed by atoms with van der Waals surface area (Å²) in [7, 11) is 3.92. The van der Waals surface area contributed by atoms with Crippen molar-refractivity contribution in [2.75, 3.05) is 26.6 Å². The van der Waals surface area contributed by atoms with Crippen molar-refractivity contribution in [3.8, 4) is 0 Å². The van der Waals surface area contributed by atoms with Crippen molar-refractivity contribution >= 4 is 28.8 Å². The average molecular weight is 354 g/mol. The topological polar surface area (TPSA) is 86.2 Å². The zero-order chi connectivity index (χ0) is 18.7. The van der Waals surface area contributed by atoms with E-state index < -0.39 is 11.8 Å². The molecular formula is C19H18N2O5. The molecule has 1 aliphatic rings. The largest absolute Gasteiger partial charge is 0.350 e. The van der Waals surface area contributed by atoms with Crippen molar-refractivity contribution in [1.82, 2.24) is 0 Å². The number of rotatable bonds is 6. The van der Waals surface area contributed by atoms with E-state index in [0.717, 1.165) is 0 Å². The maximum atomic E-state index is 12.9. The smallest absolute Gasteiger partial charge is 0.336 e. The quantitative estimate of drug-likeness (QED) is 0.634. The summed E-state index contributed by atoms with van der Waals surface area (Å²) in [6.07, 6.45) is 0. The van der Waals surface area contributed by atoms with Crippen LogP contribution in [0.4, 0.5) is 11.4 Å². The van der Waals surface area contributed by atoms with E-state index in [1.807, 2.05) is 0 Å². The van der Waals surface area contributed by atoms with Crippen LogP contribution < -0.4 is 5.32 Å². The summed E-state index contributed by atoms with van der Waals surface area (Å²) in [5.74, 6) is -2.51. The summed E-state index contributed by atoms with van der Waals surface area (Å²) in [4.78, 5) is 29.7. The third kappa shape index (κ3) is 2.92. The third-order valence-corrected chi connectivity index (χ3v) is 4.11. The van der Waals surface area contributed by atoms with Crippen molar-refractivity contribution < 1.29 is 23.8 Å². The number of benzene rings is 2. The standard InChI is InChI=1S/C19H18N2O5/c1-24-19(25-2,26-3)17(23)13-9-5-7-11-15(13)21-18-16(22)12-8-4-6-10-14(12)20-18/h4-11H,1-3H3,(H,20,21,22). The fourth-order valence-electron chi connectivity index (χ4n) is 2.76. The summed E-state index contributed by atoms with van der Waals surface area (Å²) in [5, 5.41) is 2.94. The number of methoxy groups -OCH3 is 3. The molecule has 1 heterocycles. The molecule has 1 N–H and O–H groups in total. The Morgan fingerprint density at radius 1 is 0.962 bits per heavy atom. The second-order valence-corrected chi connectivity index (χ2v) is 5.47. The average Bonchev–Trinajstić information content (AvgIpc) is 3.00. The van der Waals surface area contributed by atoms with Gasteiger partial charge in [0.2, 0.25) is 5.78 Å². The van der Waals surface area contributed by atoms with Crippen molar-refractivity contribution in [3.63, 3.8) is 0 Å². The molecule has 0 spiro atoms. The van der Waals surface area contributed by atoms with Crippen LogP contribution >= 0.6 is 0 Å². The predicted octanol–water partition coefficient (Wildman–Crippen LogP) is 2.80. The Hall–Kier alpha value is -2.87. The molecule has 134 valence electrons. The van der Waals surface area contributed by atoms with E-state index in [9.17, 15) is 9.59 Å². The molecule has 0 aromatic heterocycles. The molecule has 1 aliphatic heterocycles. The lowest BCUT2D eigenvalue weighted by Crippen LogP contribution is -2.45. The van der Waals surface area contributed by atoms with Gasteiger partial charge in [-0.05, 0) is 24.3 Å². The highest BCUT2D eigenvalue weighted by Crippen LogP contribution is 2.29. The molecular weight excluding hydrogens is 336 g/mol. The Morgan fingerprint density at radius 2 is 1.58 bits per heavy atom. The lowest BCUT2D eigenvalue weighted by molar-refractivity contribution is -0.312. The van der Waals surface area contributed by atoms with Gasteiger partial charge in [0.15, 0.2) is 5.84 Å². The SMILES string of the molecule is COC(OC)(OC)C(=O)c1ccccc1NC1=Nc2ccccc2C1=O. The van der Waals surface area contributed by atoms with Gasteiger partial charge in [0.05, 0.1) is 16.9 Å². The molecule has 7 heteroatoms. The maximum Gasteiger partial charge on any atom is 0.350 e. The van der Waals surface area contributed by atoms with Gasteiger partial charge in [0.1, 0.15) is 0 Å². The van der Waals surface area contributed by atoms with Gasteiger partial charge in [0, 0.05) is 26.9 Å². The number of para-hydroxylation sites is 2. The molecule has 2 aromatic carbocycles. The van der Waals surface area contributed by atoms with Crippen molar-refractivity contribution in [3.05, 3.63) is 59.7 Å². The Bertz CT molecular complexity index is 879. The van der Waals surface area contributed by atoms with Gasteiger partial charge >= 0.3 is 5.97 Å². The first-order valence-corrected chi connectivity index (χ1v) is 7.85. The minimum absolute atomic E-state index is 0.143. The normalized spacial score (nSPS) is 13.3. The number of nitrogens with one attached hydrogen (secondary N) is 1. The molecule has 0 atom stereocenters. The molecule has 3 rings (SSSR count). The lowest BCUT2D eigenvalue weighted by atomic mass is 10.1. The highest BCUT2D eigenvalue weighted by molar-refractivity contribution is 6.52. The minimum atomic E-state index is -1.87. The minimum Gasteiger partial charge on any atom is -0.336 e. The molecule has 7 nitrogen and oxygen atoms in total. The van der Waals surface area contributed by atoms with Crippen LogP contribution in [0.15, 0.2) is 53.5 Å². The second kappa shape index (κ2) is 7.17. The predicted molar refractivity (Wildman–Crippen MR) is 96.0 cm³/mol. The fourth-order valence-corrected chi connectivity index (χ4v) is 2.76. The van der Waals surface area contributed by atoms with E-state index in [0.29, 0.717) is 16.9 Å². The van der Waals surface area contributed by atoms with Crippen molar-refractivity contribution in [2.45, 2.75) is 5.97 Å². The molecule has 0 unspecified atom stereocenters. The number of carbonyl (C=O) groups excluding carboxylic acids is 2. The first-order chi connectivity index (χ1) is 12.6. The Labute approximate surface area is 150 Å². The van der Waals surface area contributed by atoms with Crippen LogP contribution in [0.1, 0.15) is 20.7 Å². The van der Waals surface area contributed by atoms with E-state index in [1.54, 1.807) is 48.5 Å². The zero-order valence-corrected chi connectivity index (χ0v) is 14.6. The number of aliphatic imine (C=N–C) groups is 1. The molecule has 0 aliphatic carbocycles. The van der Waals surface area contributed by atoms with Gasteiger partial charge in [0.25, 0.3) is 5.78 Å². The number of hydrogen-bond acceptors (Lipinski definition) is 7. The van der Waals surface area contributed by atoms with E-state index in [4.69, 9.17) is 14.2 Å². The number of Topliss-reactive ketones (excluding diaryl/α,β-unsaturated/α-hetero) is 2. The maximum absolute atomic E-state index is 12.9. The van der Waals surface area contributed by atoms with Gasteiger partial charge < -0.3 is 19.5 Å². The molecule has 0 radical (unpaired) electrons. The number of nitrogens with zero attached hydrogens (tertiary/aromatic N) is 1. The molecule has 0 saturated carbocycles. The highest BCUT2D eigenvalue weighted by Gasteiger charge is 2.41. The molecule has 0 fully saturated rings. The van der Waals surface area contributed by atoms with Crippen LogP contribution in [0.3, 0.4) is 0 Å². The second-order valence-electron chi connectivity index (χ2n) is 5.47. The van der Waals surface area contributed by atoms with E-state index in [-0.39, 0.29) is 17.2 Å². The van der Waals surface area contributed by atoms with Crippen LogP contribution in [-0.2, 0) is 14.2 Å². The highest BCUT2D eigenvalue weighted by atomic mass is 16.9. The fraction of sp³-hybridized carbons (Fsp3) is 0.211. The molecule has 0 bridgehead atoms. The number of ether oxygens (including phenoxy) is 3. The van der Waals surface area contributed by atoms with Crippen LogP contribution in [-0.4, -0.2) is 44.7 Å². The van der Waals surface area contributed by atoms with Crippen molar-refractivity contribution in [2.24, 2.45) is 4.99 Å². The Morgan fingerprint density at radius 3 is 2.23 bits per heavy atom. The molecule has 0 saturated heterocycles. The van der Waals surface area contributed by atoms with E-state index >= 15 is 0 Å². The summed E-state index contributed by atoms with van der Waals surface area (Å²) in [5.41, 5.74) is 1.74. The number of fused-ring (bicyclic) bond motifs is 1. The van der Waals surface area contributed by atoms with E-state index in [2.05, 4.69) is 10.3 Å². The van der Waals surface area contributed by atoms with Crippen LogP contribution in [0.5, 0.6) is 0 Å². The first kappa shape index (κ1) is 17.9. The van der Waals surface area contributed by atoms with Gasteiger partial charge in [-0.2, -0.15) is 0 Å². The van der Waals surface area contributed by atoms with Gasteiger partial charge in [-0.25, -0.2) is 4.99 Å². The monoisotopic (exact) mass is 354 g/mol. The lowest BCUT2D eigenvalue weighted by Gasteiger charge is -2.27. The number of carbonyl (C=O) groups is 2. The third-order valence-electron chi connectivity index (χ3n) is 4.11. The van der Waals surface area contributed by atoms with Crippen LogP contribution in [0.2, 0.25) is 0 Å². The van der Waals surface area contributed by atoms with E-state index in [1.165, 1.54) is 21.3 Å². The summed E-state index contributed by atoms with van der Waals surface area (Å²) in [6.45, 7) is 0. The summed E-state index contributed by atoms with van der Waals surface area (Å²) >= 11 is 0. The molecule has 2 aromatic rings. The van der Waals surface area contributed by atoms with Gasteiger partial charge in [-0.3, -0.25) is 9.59 Å².